The number of ether oxygens (including phenoxy) is 3. The van der Waals surface area contributed by atoms with Crippen molar-refractivity contribution in [1.29, 1.82) is 0 Å². The van der Waals surface area contributed by atoms with Crippen molar-refractivity contribution in [2.45, 2.75) is 219 Å². The first-order valence-electron chi connectivity index (χ1n) is 23.5. The quantitative estimate of drug-likeness (QED) is 0.0351. The van der Waals surface area contributed by atoms with E-state index in [1.165, 1.54) is 103 Å². The fourth-order valence-electron chi connectivity index (χ4n) is 6.24. The summed E-state index contributed by atoms with van der Waals surface area (Å²) in [6.45, 7) is 7.58. The third-order valence-corrected chi connectivity index (χ3v) is 9.71. The average molecular weight is 781 g/mol. The van der Waals surface area contributed by atoms with E-state index in [4.69, 9.17) is 14.2 Å². The van der Waals surface area contributed by atoms with Gasteiger partial charge in [0.1, 0.15) is 6.61 Å². The highest BCUT2D eigenvalue weighted by Crippen LogP contribution is 2.13. The zero-order valence-electron chi connectivity index (χ0n) is 36.9. The van der Waals surface area contributed by atoms with Gasteiger partial charge >= 0.3 is 11.9 Å². The minimum atomic E-state index is -0.557. The normalized spacial score (nSPS) is 12.8. The summed E-state index contributed by atoms with van der Waals surface area (Å²) < 4.78 is 17.3. The summed E-state index contributed by atoms with van der Waals surface area (Å²) in [5.41, 5.74) is 0. The summed E-state index contributed by atoms with van der Waals surface area (Å²) in [7, 11) is 0. The molecule has 0 aromatic heterocycles. The van der Waals surface area contributed by atoms with E-state index in [1.807, 2.05) is 0 Å². The molecule has 1 atom stereocenters. The highest BCUT2D eigenvalue weighted by molar-refractivity contribution is 5.70. The fraction of sp³-hybridized carbons (Fsp3) is 0.725. The van der Waals surface area contributed by atoms with Crippen molar-refractivity contribution in [3.8, 4) is 0 Å². The molecule has 5 heteroatoms. The molecule has 0 spiro atoms. The molecule has 0 rings (SSSR count). The molecule has 0 aromatic rings. The summed E-state index contributed by atoms with van der Waals surface area (Å²) >= 11 is 0. The predicted octanol–water partition coefficient (Wildman–Crippen LogP) is 15.6. The molecule has 0 aliphatic carbocycles. The molecule has 0 aromatic carbocycles. The third-order valence-electron chi connectivity index (χ3n) is 9.71. The summed E-state index contributed by atoms with van der Waals surface area (Å²) in [6, 6.07) is 0. The van der Waals surface area contributed by atoms with E-state index >= 15 is 0 Å². The molecule has 0 saturated carbocycles. The van der Waals surface area contributed by atoms with Crippen molar-refractivity contribution in [2.24, 2.45) is 0 Å². The second-order valence-corrected chi connectivity index (χ2v) is 15.3. The van der Waals surface area contributed by atoms with Crippen LogP contribution in [0, 0.1) is 0 Å². The first-order valence-corrected chi connectivity index (χ1v) is 23.5. The zero-order chi connectivity index (χ0) is 40.7. The topological polar surface area (TPSA) is 61.8 Å². The standard InChI is InChI=1S/C51H88O5/c1-4-7-10-13-16-19-22-24-26-27-30-32-35-38-41-44-50(52)55-48-49(56-51(53)45-42-39-36-33-29-21-18-15-12-9-6-3)47-54-46-43-40-37-34-31-28-25-23-20-17-14-11-8-5-2/h7,10-11,14,16,19-20,23-24,26,30,32,49H,4-6,8-9,12-13,15,17-18,21-22,25,27-29,31,33-48H2,1-3H3/b10-7-,14-11-,19-16-,23-20-,26-24-,32-30-. The van der Waals surface area contributed by atoms with E-state index < -0.39 is 6.10 Å². The molecule has 322 valence electrons. The van der Waals surface area contributed by atoms with Crippen molar-refractivity contribution < 1.29 is 23.8 Å². The zero-order valence-corrected chi connectivity index (χ0v) is 36.9. The monoisotopic (exact) mass is 781 g/mol. The van der Waals surface area contributed by atoms with Crippen LogP contribution < -0.4 is 0 Å². The smallest absolute Gasteiger partial charge is 0.306 e. The van der Waals surface area contributed by atoms with Crippen molar-refractivity contribution in [3.05, 3.63) is 72.9 Å². The van der Waals surface area contributed by atoms with Crippen LogP contribution in [0.4, 0.5) is 0 Å². The van der Waals surface area contributed by atoms with Gasteiger partial charge in [-0.15, -0.1) is 0 Å². The van der Waals surface area contributed by atoms with E-state index in [2.05, 4.69) is 93.7 Å². The van der Waals surface area contributed by atoms with Gasteiger partial charge in [0, 0.05) is 19.4 Å². The molecule has 0 aliphatic rings. The minimum absolute atomic E-state index is 0.0587. The third kappa shape index (κ3) is 44.1. The lowest BCUT2D eigenvalue weighted by Gasteiger charge is -2.18. The first-order chi connectivity index (χ1) is 27.6. The van der Waals surface area contributed by atoms with Gasteiger partial charge < -0.3 is 14.2 Å². The Labute approximate surface area is 347 Å². The summed E-state index contributed by atoms with van der Waals surface area (Å²) in [6.07, 6.45) is 59.0. The van der Waals surface area contributed by atoms with Gasteiger partial charge in [-0.2, -0.15) is 0 Å². The number of carbonyl (C=O) groups excluding carboxylic acids is 2. The van der Waals surface area contributed by atoms with Gasteiger partial charge in [-0.05, 0) is 83.5 Å². The van der Waals surface area contributed by atoms with E-state index in [1.54, 1.807) is 0 Å². The summed E-state index contributed by atoms with van der Waals surface area (Å²) in [4.78, 5) is 25.2. The van der Waals surface area contributed by atoms with Gasteiger partial charge in [-0.3, -0.25) is 9.59 Å². The molecule has 0 amide bonds. The molecular weight excluding hydrogens is 693 g/mol. The number of rotatable bonds is 42. The van der Waals surface area contributed by atoms with E-state index in [0.29, 0.717) is 19.4 Å². The molecule has 56 heavy (non-hydrogen) atoms. The molecule has 0 saturated heterocycles. The molecule has 0 fully saturated rings. The van der Waals surface area contributed by atoms with Gasteiger partial charge in [0.25, 0.3) is 0 Å². The van der Waals surface area contributed by atoms with Crippen molar-refractivity contribution in [1.82, 2.24) is 0 Å². The SMILES string of the molecule is CC/C=C\C/C=C\C/C=C\C/C=C\CCCCC(=O)OCC(COCCCCCCCC/C=C\C/C=C\CCC)OC(=O)CCCCCCCCCCCCC. The summed E-state index contributed by atoms with van der Waals surface area (Å²) in [5.74, 6) is -0.452. The van der Waals surface area contributed by atoms with Crippen LogP contribution in [0.2, 0.25) is 0 Å². The number of hydrogen-bond acceptors (Lipinski definition) is 5. The maximum atomic E-state index is 12.7. The average Bonchev–Trinajstić information content (AvgIpc) is 3.20. The Balaban J connectivity index is 4.34. The van der Waals surface area contributed by atoms with Crippen LogP contribution in [0.3, 0.4) is 0 Å². The number of unbranched alkanes of at least 4 members (excludes halogenated alkanes) is 19. The molecule has 0 bridgehead atoms. The Morgan fingerprint density at radius 2 is 0.839 bits per heavy atom. The maximum Gasteiger partial charge on any atom is 0.306 e. The number of esters is 2. The molecule has 0 aliphatic heterocycles. The van der Waals surface area contributed by atoms with Crippen LogP contribution in [0.25, 0.3) is 0 Å². The second kappa shape index (κ2) is 46.7. The van der Waals surface area contributed by atoms with Gasteiger partial charge in [0.2, 0.25) is 0 Å². The number of allylic oxidation sites excluding steroid dienone is 12. The Hall–Kier alpha value is -2.66. The largest absolute Gasteiger partial charge is 0.462 e. The van der Waals surface area contributed by atoms with Crippen LogP contribution in [0.15, 0.2) is 72.9 Å². The molecule has 0 radical (unpaired) electrons. The van der Waals surface area contributed by atoms with Crippen molar-refractivity contribution in [2.75, 3.05) is 19.8 Å². The highest BCUT2D eigenvalue weighted by atomic mass is 16.6. The van der Waals surface area contributed by atoms with Crippen LogP contribution in [0.5, 0.6) is 0 Å². The Morgan fingerprint density at radius 3 is 1.39 bits per heavy atom. The Kier molecular flexibility index (Phi) is 44.5. The van der Waals surface area contributed by atoms with Crippen LogP contribution in [-0.4, -0.2) is 37.9 Å². The predicted molar refractivity (Wildman–Crippen MR) is 242 cm³/mol. The van der Waals surface area contributed by atoms with E-state index in [9.17, 15) is 9.59 Å². The fourth-order valence-corrected chi connectivity index (χ4v) is 6.24. The lowest BCUT2D eigenvalue weighted by molar-refractivity contribution is -0.163. The van der Waals surface area contributed by atoms with E-state index in [-0.39, 0.29) is 25.2 Å². The highest BCUT2D eigenvalue weighted by Gasteiger charge is 2.17. The van der Waals surface area contributed by atoms with E-state index in [0.717, 1.165) is 77.0 Å². The number of hydrogen-bond donors (Lipinski definition) is 0. The van der Waals surface area contributed by atoms with Gasteiger partial charge in [0.15, 0.2) is 6.10 Å². The lowest BCUT2D eigenvalue weighted by Crippen LogP contribution is -2.30. The Bertz CT molecular complexity index is 1020. The molecule has 1 unspecified atom stereocenters. The van der Waals surface area contributed by atoms with Crippen LogP contribution >= 0.6 is 0 Å². The lowest BCUT2D eigenvalue weighted by atomic mass is 10.1. The molecule has 5 nitrogen and oxygen atoms in total. The second-order valence-electron chi connectivity index (χ2n) is 15.3. The summed E-state index contributed by atoms with van der Waals surface area (Å²) in [5, 5.41) is 0. The van der Waals surface area contributed by atoms with Crippen molar-refractivity contribution in [3.63, 3.8) is 0 Å². The minimum Gasteiger partial charge on any atom is -0.462 e. The first kappa shape index (κ1) is 53.3. The van der Waals surface area contributed by atoms with Crippen LogP contribution in [-0.2, 0) is 23.8 Å². The Morgan fingerprint density at radius 1 is 0.411 bits per heavy atom. The van der Waals surface area contributed by atoms with Gasteiger partial charge in [-0.25, -0.2) is 0 Å². The van der Waals surface area contributed by atoms with Crippen LogP contribution in [0.1, 0.15) is 213 Å². The molecular formula is C51H88O5. The van der Waals surface area contributed by atoms with Gasteiger partial charge in [-0.1, -0.05) is 190 Å². The molecule has 0 N–H and O–H groups in total. The maximum absolute atomic E-state index is 12.7. The van der Waals surface area contributed by atoms with Gasteiger partial charge in [0.05, 0.1) is 6.61 Å². The number of carbonyl (C=O) groups is 2. The van der Waals surface area contributed by atoms with Crippen molar-refractivity contribution >= 4 is 11.9 Å². The molecule has 0 heterocycles.